The standard InChI is InChI=1S/C15H21NO2/c17-14(18)15(8-4-2-1-3-5-9-15)12-13-6-10-16-11-7-13/h6-7,10-11H,1-5,8-9,12H2,(H,17,18). The second kappa shape index (κ2) is 5.98. The molecular formula is C15H21NO2. The van der Waals surface area contributed by atoms with Crippen molar-refractivity contribution in [2.24, 2.45) is 5.41 Å². The molecule has 0 unspecified atom stereocenters. The third kappa shape index (κ3) is 3.09. The first-order valence-electron chi connectivity index (χ1n) is 6.85. The van der Waals surface area contributed by atoms with Gasteiger partial charge in [0.25, 0.3) is 0 Å². The van der Waals surface area contributed by atoms with Gasteiger partial charge in [0, 0.05) is 12.4 Å². The smallest absolute Gasteiger partial charge is 0.309 e. The fraction of sp³-hybridized carbons (Fsp3) is 0.600. The summed E-state index contributed by atoms with van der Waals surface area (Å²) in [4.78, 5) is 15.7. The van der Waals surface area contributed by atoms with Gasteiger partial charge in [0.1, 0.15) is 0 Å². The normalized spacial score (nSPS) is 19.8. The summed E-state index contributed by atoms with van der Waals surface area (Å²) < 4.78 is 0. The maximum absolute atomic E-state index is 11.7. The first-order valence-corrected chi connectivity index (χ1v) is 6.85. The van der Waals surface area contributed by atoms with E-state index in [1.165, 1.54) is 19.3 Å². The Labute approximate surface area is 108 Å². The zero-order chi connectivity index (χ0) is 12.8. The predicted octanol–water partition coefficient (Wildman–Crippen LogP) is 3.44. The number of hydrogen-bond acceptors (Lipinski definition) is 2. The van der Waals surface area contributed by atoms with Gasteiger partial charge >= 0.3 is 5.97 Å². The van der Waals surface area contributed by atoms with Crippen LogP contribution in [-0.4, -0.2) is 16.1 Å². The molecular weight excluding hydrogens is 226 g/mol. The van der Waals surface area contributed by atoms with Crippen LogP contribution in [-0.2, 0) is 11.2 Å². The monoisotopic (exact) mass is 247 g/mol. The number of carbonyl (C=O) groups is 1. The van der Waals surface area contributed by atoms with Crippen LogP contribution in [0.1, 0.15) is 50.5 Å². The van der Waals surface area contributed by atoms with E-state index in [0.29, 0.717) is 6.42 Å². The third-order valence-electron chi connectivity index (χ3n) is 4.06. The molecule has 0 aromatic carbocycles. The minimum Gasteiger partial charge on any atom is -0.481 e. The lowest BCUT2D eigenvalue weighted by Gasteiger charge is -2.31. The van der Waals surface area contributed by atoms with Crippen LogP contribution in [0.2, 0.25) is 0 Å². The molecule has 3 heteroatoms. The van der Waals surface area contributed by atoms with Crippen molar-refractivity contribution in [2.45, 2.75) is 51.4 Å². The molecule has 0 spiro atoms. The number of pyridine rings is 1. The molecule has 1 heterocycles. The third-order valence-corrected chi connectivity index (χ3v) is 4.06. The van der Waals surface area contributed by atoms with E-state index in [0.717, 1.165) is 31.2 Å². The van der Waals surface area contributed by atoms with Gasteiger partial charge in [-0.1, -0.05) is 32.1 Å². The lowest BCUT2D eigenvalue weighted by Crippen LogP contribution is -2.34. The Morgan fingerprint density at radius 3 is 2.22 bits per heavy atom. The summed E-state index contributed by atoms with van der Waals surface area (Å²) in [6.07, 6.45) is 11.4. The quantitative estimate of drug-likeness (QED) is 0.890. The van der Waals surface area contributed by atoms with Gasteiger partial charge in [-0.2, -0.15) is 0 Å². The summed E-state index contributed by atoms with van der Waals surface area (Å²) >= 11 is 0. The van der Waals surface area contributed by atoms with Crippen molar-refractivity contribution >= 4 is 5.97 Å². The maximum Gasteiger partial charge on any atom is 0.309 e. The molecule has 1 aliphatic carbocycles. The van der Waals surface area contributed by atoms with E-state index in [-0.39, 0.29) is 0 Å². The molecule has 0 radical (unpaired) electrons. The van der Waals surface area contributed by atoms with Gasteiger partial charge in [0.05, 0.1) is 5.41 Å². The zero-order valence-corrected chi connectivity index (χ0v) is 10.8. The maximum atomic E-state index is 11.7. The Morgan fingerprint density at radius 1 is 1.11 bits per heavy atom. The molecule has 1 aliphatic rings. The Morgan fingerprint density at radius 2 is 1.67 bits per heavy atom. The van der Waals surface area contributed by atoms with Crippen LogP contribution in [0.25, 0.3) is 0 Å². The minimum absolute atomic E-state index is 0.554. The number of aliphatic carboxylic acids is 1. The molecule has 18 heavy (non-hydrogen) atoms. The first-order chi connectivity index (χ1) is 8.73. The van der Waals surface area contributed by atoms with Crippen LogP contribution >= 0.6 is 0 Å². The Balaban J connectivity index is 2.17. The first kappa shape index (κ1) is 13.1. The summed E-state index contributed by atoms with van der Waals surface area (Å²) in [6, 6.07) is 3.87. The zero-order valence-electron chi connectivity index (χ0n) is 10.8. The summed E-state index contributed by atoms with van der Waals surface area (Å²) in [5.41, 5.74) is 0.537. The van der Waals surface area contributed by atoms with E-state index < -0.39 is 11.4 Å². The molecule has 0 aliphatic heterocycles. The number of nitrogens with zero attached hydrogens (tertiary/aromatic N) is 1. The van der Waals surface area contributed by atoms with E-state index in [1.54, 1.807) is 12.4 Å². The van der Waals surface area contributed by atoms with Crippen LogP contribution in [0.5, 0.6) is 0 Å². The molecule has 3 nitrogen and oxygen atoms in total. The van der Waals surface area contributed by atoms with Crippen LogP contribution < -0.4 is 0 Å². The van der Waals surface area contributed by atoms with Crippen molar-refractivity contribution in [3.63, 3.8) is 0 Å². The van der Waals surface area contributed by atoms with Gasteiger partial charge in [-0.05, 0) is 37.0 Å². The lowest BCUT2D eigenvalue weighted by atomic mass is 9.72. The van der Waals surface area contributed by atoms with Crippen molar-refractivity contribution in [3.05, 3.63) is 30.1 Å². The second-order valence-corrected chi connectivity index (χ2v) is 5.39. The average molecular weight is 247 g/mol. The van der Waals surface area contributed by atoms with Crippen molar-refractivity contribution in [1.29, 1.82) is 0 Å². The summed E-state index contributed by atoms with van der Waals surface area (Å²) in [5.74, 6) is -0.624. The van der Waals surface area contributed by atoms with E-state index in [4.69, 9.17) is 0 Å². The molecule has 0 atom stereocenters. The van der Waals surface area contributed by atoms with Gasteiger partial charge in [0.15, 0.2) is 0 Å². The largest absolute Gasteiger partial charge is 0.481 e. The van der Waals surface area contributed by atoms with Crippen LogP contribution in [0.4, 0.5) is 0 Å². The molecule has 0 bridgehead atoms. The summed E-state index contributed by atoms with van der Waals surface area (Å²) in [6.45, 7) is 0. The predicted molar refractivity (Wildman–Crippen MR) is 70.3 cm³/mol. The topological polar surface area (TPSA) is 50.2 Å². The highest BCUT2D eigenvalue weighted by Crippen LogP contribution is 2.37. The van der Waals surface area contributed by atoms with Crippen LogP contribution in [0.15, 0.2) is 24.5 Å². The molecule has 1 aromatic rings. The minimum atomic E-state index is -0.624. The van der Waals surface area contributed by atoms with Crippen molar-refractivity contribution in [1.82, 2.24) is 4.98 Å². The van der Waals surface area contributed by atoms with Gasteiger partial charge in [0.2, 0.25) is 0 Å². The SMILES string of the molecule is O=C(O)C1(Cc2ccncc2)CCCCCCC1. The summed E-state index contributed by atoms with van der Waals surface area (Å²) in [5, 5.41) is 9.65. The van der Waals surface area contributed by atoms with E-state index >= 15 is 0 Å². The fourth-order valence-electron chi connectivity index (χ4n) is 2.94. The molecule has 1 aromatic heterocycles. The van der Waals surface area contributed by atoms with E-state index in [9.17, 15) is 9.90 Å². The van der Waals surface area contributed by atoms with Gasteiger partial charge in [-0.15, -0.1) is 0 Å². The highest BCUT2D eigenvalue weighted by molar-refractivity contribution is 5.75. The lowest BCUT2D eigenvalue weighted by molar-refractivity contribution is -0.150. The second-order valence-electron chi connectivity index (χ2n) is 5.39. The van der Waals surface area contributed by atoms with Crippen molar-refractivity contribution in [3.8, 4) is 0 Å². The van der Waals surface area contributed by atoms with Crippen molar-refractivity contribution in [2.75, 3.05) is 0 Å². The van der Waals surface area contributed by atoms with Gasteiger partial charge in [-0.3, -0.25) is 9.78 Å². The highest BCUT2D eigenvalue weighted by Gasteiger charge is 2.37. The van der Waals surface area contributed by atoms with E-state index in [2.05, 4.69) is 4.98 Å². The van der Waals surface area contributed by atoms with Crippen molar-refractivity contribution < 1.29 is 9.90 Å². The summed E-state index contributed by atoms with van der Waals surface area (Å²) in [7, 11) is 0. The number of aromatic nitrogens is 1. The molecule has 98 valence electrons. The number of carboxylic acid groups (broad SMARTS) is 1. The molecule has 2 rings (SSSR count). The number of hydrogen-bond donors (Lipinski definition) is 1. The number of rotatable bonds is 3. The molecule has 1 saturated carbocycles. The van der Waals surface area contributed by atoms with Gasteiger partial charge < -0.3 is 5.11 Å². The Bertz CT molecular complexity index is 381. The molecule has 1 fully saturated rings. The van der Waals surface area contributed by atoms with Crippen LogP contribution in [0, 0.1) is 5.41 Å². The molecule has 0 amide bonds. The van der Waals surface area contributed by atoms with E-state index in [1.807, 2.05) is 12.1 Å². The van der Waals surface area contributed by atoms with Gasteiger partial charge in [-0.25, -0.2) is 0 Å². The molecule has 1 N–H and O–H groups in total. The van der Waals surface area contributed by atoms with Crippen LogP contribution in [0.3, 0.4) is 0 Å². The highest BCUT2D eigenvalue weighted by atomic mass is 16.4. The molecule has 0 saturated heterocycles. The Hall–Kier alpha value is -1.38. The Kier molecular flexibility index (Phi) is 4.34. The fourth-order valence-corrected chi connectivity index (χ4v) is 2.94. The average Bonchev–Trinajstić information content (AvgIpc) is 2.34. The number of carboxylic acids is 1.